The normalized spacial score (nSPS) is 23.3. The van der Waals surface area contributed by atoms with Crippen molar-refractivity contribution in [3.8, 4) is 0 Å². The first-order chi connectivity index (χ1) is 9.52. The Hall–Kier alpha value is -1.26. The number of hydrogen-bond donors (Lipinski definition) is 2. The van der Waals surface area contributed by atoms with Crippen LogP contribution in [0.15, 0.2) is 4.99 Å². The summed E-state index contributed by atoms with van der Waals surface area (Å²) in [5.74, 6) is 1.82. The third-order valence-corrected chi connectivity index (χ3v) is 3.80. The van der Waals surface area contributed by atoms with Crippen molar-refractivity contribution in [2.24, 2.45) is 10.9 Å². The SMILES string of the molecule is CCNC(=NCCC(=O)N(C)C)NC1CCC(C)CC1. The topological polar surface area (TPSA) is 56.7 Å². The lowest BCUT2D eigenvalue weighted by molar-refractivity contribution is -0.128. The Morgan fingerprint density at radius 3 is 2.45 bits per heavy atom. The van der Waals surface area contributed by atoms with Gasteiger partial charge in [0.15, 0.2) is 5.96 Å². The maximum atomic E-state index is 11.5. The number of carbonyl (C=O) groups is 1. The van der Waals surface area contributed by atoms with E-state index in [2.05, 4.69) is 29.5 Å². The average Bonchev–Trinajstić information content (AvgIpc) is 2.41. The van der Waals surface area contributed by atoms with Crippen LogP contribution in [-0.4, -0.2) is 50.0 Å². The van der Waals surface area contributed by atoms with Crippen molar-refractivity contribution in [3.63, 3.8) is 0 Å². The van der Waals surface area contributed by atoms with Gasteiger partial charge in [-0.05, 0) is 38.5 Å². The lowest BCUT2D eigenvalue weighted by Gasteiger charge is -2.28. The summed E-state index contributed by atoms with van der Waals surface area (Å²) in [6, 6.07) is 0.522. The first-order valence-corrected chi connectivity index (χ1v) is 7.78. The average molecular weight is 282 g/mol. The van der Waals surface area contributed by atoms with E-state index in [-0.39, 0.29) is 5.91 Å². The number of hydrogen-bond acceptors (Lipinski definition) is 2. The summed E-state index contributed by atoms with van der Waals surface area (Å²) in [6.45, 7) is 5.76. The maximum Gasteiger partial charge on any atom is 0.223 e. The highest BCUT2D eigenvalue weighted by Crippen LogP contribution is 2.23. The van der Waals surface area contributed by atoms with Crippen molar-refractivity contribution in [2.75, 3.05) is 27.2 Å². The Morgan fingerprint density at radius 2 is 1.90 bits per heavy atom. The van der Waals surface area contributed by atoms with Crippen molar-refractivity contribution in [2.45, 2.75) is 52.0 Å². The maximum absolute atomic E-state index is 11.5. The molecule has 0 spiro atoms. The van der Waals surface area contributed by atoms with Gasteiger partial charge in [0.1, 0.15) is 0 Å². The van der Waals surface area contributed by atoms with Gasteiger partial charge in [0.25, 0.3) is 0 Å². The van der Waals surface area contributed by atoms with Gasteiger partial charge in [-0.15, -0.1) is 0 Å². The summed E-state index contributed by atoms with van der Waals surface area (Å²) in [7, 11) is 3.55. The van der Waals surface area contributed by atoms with E-state index < -0.39 is 0 Å². The van der Waals surface area contributed by atoms with Crippen LogP contribution in [0.3, 0.4) is 0 Å². The highest BCUT2D eigenvalue weighted by Gasteiger charge is 2.18. The quantitative estimate of drug-likeness (QED) is 0.595. The first kappa shape index (κ1) is 16.8. The molecule has 1 amide bonds. The van der Waals surface area contributed by atoms with E-state index in [1.165, 1.54) is 25.7 Å². The largest absolute Gasteiger partial charge is 0.357 e. The fourth-order valence-electron chi connectivity index (χ4n) is 2.40. The monoisotopic (exact) mass is 282 g/mol. The van der Waals surface area contributed by atoms with Crippen LogP contribution >= 0.6 is 0 Å². The minimum atomic E-state index is 0.121. The molecule has 20 heavy (non-hydrogen) atoms. The Balaban J connectivity index is 2.40. The molecule has 0 aromatic rings. The predicted molar refractivity (Wildman–Crippen MR) is 83.8 cm³/mol. The Morgan fingerprint density at radius 1 is 1.25 bits per heavy atom. The van der Waals surface area contributed by atoms with E-state index in [1.54, 1.807) is 19.0 Å². The summed E-state index contributed by atoms with van der Waals surface area (Å²) in [4.78, 5) is 17.6. The van der Waals surface area contributed by atoms with Gasteiger partial charge in [0.2, 0.25) is 5.91 Å². The van der Waals surface area contributed by atoms with Crippen molar-refractivity contribution in [1.82, 2.24) is 15.5 Å². The van der Waals surface area contributed by atoms with E-state index in [1.807, 2.05) is 0 Å². The third-order valence-electron chi connectivity index (χ3n) is 3.80. The molecule has 5 heteroatoms. The zero-order valence-electron chi connectivity index (χ0n) is 13.4. The van der Waals surface area contributed by atoms with Gasteiger partial charge in [-0.3, -0.25) is 9.79 Å². The van der Waals surface area contributed by atoms with Crippen molar-refractivity contribution in [3.05, 3.63) is 0 Å². The van der Waals surface area contributed by atoms with E-state index in [0.29, 0.717) is 19.0 Å². The molecule has 1 rings (SSSR count). The number of amides is 1. The molecule has 1 aliphatic carbocycles. The summed E-state index contributed by atoms with van der Waals surface area (Å²) >= 11 is 0. The van der Waals surface area contributed by atoms with E-state index in [0.717, 1.165) is 18.4 Å². The molecule has 0 aromatic carbocycles. The molecule has 1 saturated carbocycles. The number of guanidine groups is 1. The molecule has 1 aliphatic rings. The van der Waals surface area contributed by atoms with Crippen molar-refractivity contribution < 1.29 is 4.79 Å². The summed E-state index contributed by atoms with van der Waals surface area (Å²) < 4.78 is 0. The second-order valence-electron chi connectivity index (χ2n) is 5.90. The second kappa shape index (κ2) is 8.82. The van der Waals surface area contributed by atoms with Crippen LogP contribution < -0.4 is 10.6 Å². The standard InChI is InChI=1S/C15H30N4O/c1-5-16-15(17-11-10-14(20)19(3)4)18-13-8-6-12(2)7-9-13/h12-13H,5-11H2,1-4H3,(H2,16,17,18). The highest BCUT2D eigenvalue weighted by atomic mass is 16.2. The van der Waals surface area contributed by atoms with Gasteiger partial charge in [0.05, 0.1) is 6.54 Å². The number of carbonyl (C=O) groups excluding carboxylic acids is 1. The lowest BCUT2D eigenvalue weighted by Crippen LogP contribution is -2.44. The fraction of sp³-hybridized carbons (Fsp3) is 0.867. The predicted octanol–water partition coefficient (Wildman–Crippen LogP) is 1.60. The van der Waals surface area contributed by atoms with E-state index >= 15 is 0 Å². The van der Waals surface area contributed by atoms with Gasteiger partial charge in [0, 0.05) is 33.1 Å². The molecule has 0 aliphatic heterocycles. The third kappa shape index (κ3) is 6.26. The molecular weight excluding hydrogens is 252 g/mol. The number of rotatable bonds is 5. The summed E-state index contributed by atoms with van der Waals surface area (Å²) in [5, 5.41) is 6.75. The fourth-order valence-corrected chi connectivity index (χ4v) is 2.40. The van der Waals surface area contributed by atoms with Crippen LogP contribution in [0.5, 0.6) is 0 Å². The van der Waals surface area contributed by atoms with Gasteiger partial charge >= 0.3 is 0 Å². The molecule has 0 saturated heterocycles. The zero-order valence-corrected chi connectivity index (χ0v) is 13.4. The van der Waals surface area contributed by atoms with Crippen LogP contribution in [0.4, 0.5) is 0 Å². The summed E-state index contributed by atoms with van der Waals surface area (Å²) in [5.41, 5.74) is 0. The number of nitrogens with zero attached hydrogens (tertiary/aromatic N) is 2. The smallest absolute Gasteiger partial charge is 0.223 e. The number of nitrogens with one attached hydrogen (secondary N) is 2. The first-order valence-electron chi connectivity index (χ1n) is 7.78. The second-order valence-corrected chi connectivity index (χ2v) is 5.90. The van der Waals surface area contributed by atoms with Crippen LogP contribution in [0, 0.1) is 5.92 Å². The molecule has 0 radical (unpaired) electrons. The molecular formula is C15H30N4O. The Labute approximate surface area is 123 Å². The molecule has 0 heterocycles. The van der Waals surface area contributed by atoms with E-state index in [4.69, 9.17) is 0 Å². The molecule has 0 bridgehead atoms. The number of aliphatic imine (C=N–C) groups is 1. The van der Waals surface area contributed by atoms with Gasteiger partial charge < -0.3 is 15.5 Å². The van der Waals surface area contributed by atoms with Crippen molar-refractivity contribution in [1.29, 1.82) is 0 Å². The highest BCUT2D eigenvalue weighted by molar-refractivity contribution is 5.81. The molecule has 5 nitrogen and oxygen atoms in total. The van der Waals surface area contributed by atoms with Crippen LogP contribution in [0.25, 0.3) is 0 Å². The minimum absolute atomic E-state index is 0.121. The minimum Gasteiger partial charge on any atom is -0.357 e. The molecule has 0 atom stereocenters. The summed E-state index contributed by atoms with van der Waals surface area (Å²) in [6.07, 6.45) is 5.46. The van der Waals surface area contributed by atoms with Gasteiger partial charge in [-0.25, -0.2) is 0 Å². The lowest BCUT2D eigenvalue weighted by atomic mass is 9.87. The van der Waals surface area contributed by atoms with Crippen LogP contribution in [0.1, 0.15) is 46.0 Å². The Kier molecular flexibility index (Phi) is 7.41. The van der Waals surface area contributed by atoms with E-state index in [9.17, 15) is 4.79 Å². The molecule has 1 fully saturated rings. The van der Waals surface area contributed by atoms with Crippen LogP contribution in [-0.2, 0) is 4.79 Å². The Bertz CT molecular complexity index is 320. The van der Waals surface area contributed by atoms with Crippen LogP contribution in [0.2, 0.25) is 0 Å². The molecule has 0 unspecified atom stereocenters. The molecule has 116 valence electrons. The van der Waals surface area contributed by atoms with Gasteiger partial charge in [-0.1, -0.05) is 6.92 Å². The van der Waals surface area contributed by atoms with Crippen molar-refractivity contribution >= 4 is 11.9 Å². The zero-order chi connectivity index (χ0) is 15.0. The molecule has 0 aromatic heterocycles. The van der Waals surface area contributed by atoms with Gasteiger partial charge in [-0.2, -0.15) is 0 Å². The molecule has 2 N–H and O–H groups in total.